The maximum absolute atomic E-state index is 11.1. The lowest BCUT2D eigenvalue weighted by Crippen LogP contribution is -2.33. The number of carbonyl (C=O) groups excluding carboxylic acids is 2. The molecule has 2 amide bonds. The second-order valence-corrected chi connectivity index (χ2v) is 2.87. The molecule has 0 aromatic carbocycles. The van der Waals surface area contributed by atoms with Gasteiger partial charge in [-0.15, -0.1) is 0 Å². The average Bonchev–Trinajstić information content (AvgIpc) is 2.15. The monoisotopic (exact) mass is 202 g/mol. The van der Waals surface area contributed by atoms with E-state index in [2.05, 4.69) is 10.6 Å². The first kappa shape index (κ1) is 12.9. The third-order valence-corrected chi connectivity index (χ3v) is 1.52. The van der Waals surface area contributed by atoms with E-state index in [4.69, 9.17) is 4.74 Å². The van der Waals surface area contributed by atoms with Crippen molar-refractivity contribution in [2.45, 2.75) is 19.8 Å². The van der Waals surface area contributed by atoms with Gasteiger partial charge in [0.05, 0.1) is 6.61 Å². The summed E-state index contributed by atoms with van der Waals surface area (Å²) in [6, 6.07) is 0. The van der Waals surface area contributed by atoms with Gasteiger partial charge < -0.3 is 15.4 Å². The molecule has 0 saturated carbocycles. The van der Waals surface area contributed by atoms with Crippen LogP contribution in [-0.4, -0.2) is 38.6 Å². The summed E-state index contributed by atoms with van der Waals surface area (Å²) in [5.74, 6) is -0.502. The molecule has 0 rings (SSSR count). The number of ether oxygens (including phenoxy) is 1. The van der Waals surface area contributed by atoms with Crippen molar-refractivity contribution < 1.29 is 14.3 Å². The van der Waals surface area contributed by atoms with Gasteiger partial charge >= 0.3 is 0 Å². The molecule has 0 atom stereocenters. The molecule has 82 valence electrons. The van der Waals surface area contributed by atoms with Gasteiger partial charge in [0, 0.05) is 20.2 Å². The molecule has 2 N–H and O–H groups in total. The Balaban J connectivity index is 3.45. The lowest BCUT2D eigenvalue weighted by atomic mass is 10.3. The predicted molar refractivity (Wildman–Crippen MR) is 52.8 cm³/mol. The second kappa shape index (κ2) is 8.50. The van der Waals surface area contributed by atoms with E-state index in [0.717, 1.165) is 6.42 Å². The van der Waals surface area contributed by atoms with Crippen LogP contribution in [0.4, 0.5) is 0 Å². The Hall–Kier alpha value is -1.10. The standard InChI is InChI=1S/C9H18N2O3/c1-3-4-10-8(12)7-9(13)11-5-6-14-2/h3-7H2,1-2H3,(H,10,12)(H,11,13). The normalized spacial score (nSPS) is 9.57. The fourth-order valence-electron chi connectivity index (χ4n) is 0.828. The number of rotatable bonds is 7. The van der Waals surface area contributed by atoms with Crippen LogP contribution in [0.5, 0.6) is 0 Å². The van der Waals surface area contributed by atoms with Gasteiger partial charge in [-0.25, -0.2) is 0 Å². The number of hydrogen-bond donors (Lipinski definition) is 2. The number of methoxy groups -OCH3 is 1. The lowest BCUT2D eigenvalue weighted by Gasteiger charge is -2.04. The molecule has 14 heavy (non-hydrogen) atoms. The second-order valence-electron chi connectivity index (χ2n) is 2.87. The minimum atomic E-state index is -0.268. The lowest BCUT2D eigenvalue weighted by molar-refractivity contribution is -0.129. The van der Waals surface area contributed by atoms with Gasteiger partial charge in [-0.2, -0.15) is 0 Å². The van der Waals surface area contributed by atoms with Gasteiger partial charge in [0.1, 0.15) is 6.42 Å². The zero-order chi connectivity index (χ0) is 10.8. The SMILES string of the molecule is CCCNC(=O)CC(=O)NCCOC. The summed E-state index contributed by atoms with van der Waals surface area (Å²) in [5, 5.41) is 5.19. The van der Waals surface area contributed by atoms with Crippen molar-refractivity contribution in [2.75, 3.05) is 26.8 Å². The summed E-state index contributed by atoms with van der Waals surface area (Å²) in [6.07, 6.45) is 0.765. The Morgan fingerprint density at radius 3 is 2.21 bits per heavy atom. The van der Waals surface area contributed by atoms with Crippen LogP contribution in [0.25, 0.3) is 0 Å². The summed E-state index contributed by atoms with van der Waals surface area (Å²) in [5.41, 5.74) is 0. The van der Waals surface area contributed by atoms with Crippen LogP contribution in [-0.2, 0) is 14.3 Å². The number of carbonyl (C=O) groups is 2. The first-order chi connectivity index (χ1) is 6.70. The van der Waals surface area contributed by atoms with Gasteiger partial charge in [-0.1, -0.05) is 6.92 Å². The van der Waals surface area contributed by atoms with Crippen molar-refractivity contribution in [3.63, 3.8) is 0 Å². The highest BCUT2D eigenvalue weighted by Gasteiger charge is 2.07. The molecule has 0 bridgehead atoms. The first-order valence-electron chi connectivity index (χ1n) is 4.73. The van der Waals surface area contributed by atoms with E-state index in [-0.39, 0.29) is 18.2 Å². The maximum Gasteiger partial charge on any atom is 0.229 e. The molecule has 0 unspecified atom stereocenters. The Kier molecular flexibility index (Phi) is 7.83. The largest absolute Gasteiger partial charge is 0.383 e. The minimum Gasteiger partial charge on any atom is -0.383 e. The maximum atomic E-state index is 11.1. The van der Waals surface area contributed by atoms with Crippen LogP contribution in [0.15, 0.2) is 0 Å². The summed E-state index contributed by atoms with van der Waals surface area (Å²) < 4.78 is 4.75. The van der Waals surface area contributed by atoms with E-state index < -0.39 is 0 Å². The van der Waals surface area contributed by atoms with E-state index in [1.807, 2.05) is 6.92 Å². The Morgan fingerprint density at radius 2 is 1.71 bits per heavy atom. The van der Waals surface area contributed by atoms with E-state index >= 15 is 0 Å². The molecule has 0 aromatic rings. The van der Waals surface area contributed by atoms with Gasteiger partial charge in [0.25, 0.3) is 0 Å². The summed E-state index contributed by atoms with van der Waals surface area (Å²) in [4.78, 5) is 22.1. The van der Waals surface area contributed by atoms with E-state index in [9.17, 15) is 9.59 Å². The number of nitrogens with one attached hydrogen (secondary N) is 2. The van der Waals surface area contributed by atoms with Crippen molar-refractivity contribution in [1.82, 2.24) is 10.6 Å². The van der Waals surface area contributed by atoms with Crippen LogP contribution in [0.2, 0.25) is 0 Å². The Labute approximate surface area is 84.2 Å². The zero-order valence-electron chi connectivity index (χ0n) is 8.76. The van der Waals surface area contributed by atoms with Crippen molar-refractivity contribution in [1.29, 1.82) is 0 Å². The quantitative estimate of drug-likeness (QED) is 0.438. The third kappa shape index (κ3) is 7.54. The molecule has 0 aliphatic rings. The summed E-state index contributed by atoms with van der Waals surface area (Å²) in [7, 11) is 1.56. The number of hydrogen-bond acceptors (Lipinski definition) is 3. The smallest absolute Gasteiger partial charge is 0.229 e. The molecule has 0 aliphatic carbocycles. The van der Waals surface area contributed by atoms with Gasteiger partial charge in [0.15, 0.2) is 0 Å². The molecule has 0 fully saturated rings. The van der Waals surface area contributed by atoms with E-state index in [1.165, 1.54) is 0 Å². The predicted octanol–water partition coefficient (Wildman–Crippen LogP) is -0.335. The third-order valence-electron chi connectivity index (χ3n) is 1.52. The molecular formula is C9H18N2O3. The minimum absolute atomic E-state index is 0.107. The van der Waals surface area contributed by atoms with Crippen molar-refractivity contribution in [3.8, 4) is 0 Å². The molecule has 5 nitrogen and oxygen atoms in total. The average molecular weight is 202 g/mol. The molecule has 0 radical (unpaired) electrons. The molecule has 0 saturated heterocycles. The molecule has 0 aromatic heterocycles. The summed E-state index contributed by atoms with van der Waals surface area (Å²) in [6.45, 7) is 3.47. The van der Waals surface area contributed by atoms with Crippen molar-refractivity contribution >= 4 is 11.8 Å². The molecule has 0 aliphatic heterocycles. The van der Waals surface area contributed by atoms with Crippen LogP contribution < -0.4 is 10.6 Å². The van der Waals surface area contributed by atoms with Crippen LogP contribution in [0, 0.1) is 0 Å². The zero-order valence-corrected chi connectivity index (χ0v) is 8.76. The molecular weight excluding hydrogens is 184 g/mol. The molecule has 0 spiro atoms. The van der Waals surface area contributed by atoms with Gasteiger partial charge in [0.2, 0.25) is 11.8 Å². The fourth-order valence-corrected chi connectivity index (χ4v) is 0.828. The van der Waals surface area contributed by atoms with Gasteiger partial charge in [-0.05, 0) is 6.42 Å². The summed E-state index contributed by atoms with van der Waals surface area (Å²) >= 11 is 0. The topological polar surface area (TPSA) is 67.4 Å². The highest BCUT2D eigenvalue weighted by Crippen LogP contribution is 1.81. The highest BCUT2D eigenvalue weighted by molar-refractivity contribution is 5.96. The Bertz CT molecular complexity index is 183. The van der Waals surface area contributed by atoms with Crippen LogP contribution >= 0.6 is 0 Å². The van der Waals surface area contributed by atoms with Gasteiger partial charge in [-0.3, -0.25) is 9.59 Å². The Morgan fingerprint density at radius 1 is 1.14 bits per heavy atom. The molecule has 5 heteroatoms. The first-order valence-corrected chi connectivity index (χ1v) is 4.73. The highest BCUT2D eigenvalue weighted by atomic mass is 16.5. The van der Waals surface area contributed by atoms with E-state index in [1.54, 1.807) is 7.11 Å². The van der Waals surface area contributed by atoms with Crippen LogP contribution in [0.3, 0.4) is 0 Å². The van der Waals surface area contributed by atoms with Crippen molar-refractivity contribution in [3.05, 3.63) is 0 Å². The molecule has 0 heterocycles. The van der Waals surface area contributed by atoms with Crippen LogP contribution in [0.1, 0.15) is 19.8 Å². The fraction of sp³-hybridized carbons (Fsp3) is 0.778. The number of amides is 2. The van der Waals surface area contributed by atoms with E-state index in [0.29, 0.717) is 19.7 Å². The van der Waals surface area contributed by atoms with Crippen molar-refractivity contribution in [2.24, 2.45) is 0 Å².